The van der Waals surface area contributed by atoms with E-state index in [1.54, 1.807) is 26.8 Å². The number of imidazole rings is 1. The van der Waals surface area contributed by atoms with Gasteiger partial charge in [0.2, 0.25) is 17.7 Å². The average Bonchev–Trinajstić information content (AvgIpc) is 3.56. The molecule has 1 fully saturated rings. The van der Waals surface area contributed by atoms with Gasteiger partial charge in [0.15, 0.2) is 0 Å². The van der Waals surface area contributed by atoms with Crippen molar-refractivity contribution in [3.05, 3.63) is 66.0 Å². The molecule has 13 heteroatoms. The van der Waals surface area contributed by atoms with E-state index in [-0.39, 0.29) is 24.9 Å². The first kappa shape index (κ1) is 32.1. The van der Waals surface area contributed by atoms with Crippen LogP contribution >= 0.6 is 0 Å². The van der Waals surface area contributed by atoms with E-state index in [4.69, 9.17) is 10.5 Å². The van der Waals surface area contributed by atoms with Crippen LogP contribution in [0.4, 0.5) is 0 Å². The van der Waals surface area contributed by atoms with Gasteiger partial charge in [-0.15, -0.1) is 0 Å². The van der Waals surface area contributed by atoms with Crippen LogP contribution in [0.2, 0.25) is 0 Å². The van der Waals surface area contributed by atoms with Gasteiger partial charge in [-0.25, -0.2) is 9.78 Å². The number of rotatable bonds is 11. The standard InChI is InChI=1S/C31H38N6O7/c1-30(2,3)44-29(42)31(43)24(14-15-37(31)26(39)11-7-10-19-8-5-4-6-9-19)36-28(41)23(17-25(32)38)35-27(40)20-12-13-21-22(16-20)34-18-33-21/h4-6,8-9,12-13,16,18,23-24,43H,7,10-11,14-15,17H2,1-3H3,(H2,32,38)(H,33,34)(H,35,40)(H,36,41)/t23-,24-,31-/m0/s1. The number of likely N-dealkylation sites (tertiary alicyclic amines) is 1. The summed E-state index contributed by atoms with van der Waals surface area (Å²) in [6.45, 7) is 4.80. The molecular formula is C31H38N6O7. The van der Waals surface area contributed by atoms with Crippen LogP contribution in [-0.4, -0.2) is 79.5 Å². The lowest BCUT2D eigenvalue weighted by Gasteiger charge is -2.37. The molecule has 44 heavy (non-hydrogen) atoms. The third kappa shape index (κ3) is 7.59. The number of primary amides is 1. The predicted octanol–water partition coefficient (Wildman–Crippen LogP) is 1.31. The van der Waals surface area contributed by atoms with Gasteiger partial charge in [-0.1, -0.05) is 30.3 Å². The number of nitrogens with zero attached hydrogens (tertiary/aromatic N) is 2. The first-order chi connectivity index (χ1) is 20.8. The number of amides is 4. The number of ether oxygens (including phenoxy) is 1. The van der Waals surface area contributed by atoms with Crippen molar-refractivity contribution in [2.24, 2.45) is 5.73 Å². The van der Waals surface area contributed by atoms with Crippen LogP contribution in [0.5, 0.6) is 0 Å². The van der Waals surface area contributed by atoms with E-state index < -0.39 is 59.4 Å². The number of aryl methyl sites for hydroxylation is 1. The quantitative estimate of drug-likeness (QED) is 0.201. The van der Waals surface area contributed by atoms with Crippen molar-refractivity contribution in [1.82, 2.24) is 25.5 Å². The van der Waals surface area contributed by atoms with Crippen LogP contribution in [0.25, 0.3) is 11.0 Å². The zero-order valence-corrected chi connectivity index (χ0v) is 25.0. The Labute approximate surface area is 254 Å². The van der Waals surface area contributed by atoms with Crippen molar-refractivity contribution in [1.29, 1.82) is 0 Å². The fourth-order valence-electron chi connectivity index (χ4n) is 5.14. The molecule has 0 bridgehead atoms. The number of fused-ring (bicyclic) bond motifs is 1. The van der Waals surface area contributed by atoms with E-state index in [9.17, 15) is 29.1 Å². The zero-order valence-electron chi connectivity index (χ0n) is 25.0. The topological polar surface area (TPSA) is 197 Å². The van der Waals surface area contributed by atoms with E-state index in [2.05, 4.69) is 20.6 Å². The second-order valence-corrected chi connectivity index (χ2v) is 11.8. The second kappa shape index (κ2) is 13.2. The molecule has 0 unspecified atom stereocenters. The molecule has 1 aliphatic heterocycles. The third-order valence-electron chi connectivity index (χ3n) is 7.26. The molecule has 234 valence electrons. The zero-order chi connectivity index (χ0) is 32.1. The minimum Gasteiger partial charge on any atom is -0.456 e. The lowest BCUT2D eigenvalue weighted by molar-refractivity contribution is -0.200. The van der Waals surface area contributed by atoms with Crippen LogP contribution in [0.1, 0.15) is 62.4 Å². The summed E-state index contributed by atoms with van der Waals surface area (Å²) in [6, 6.07) is 11.5. The highest BCUT2D eigenvalue weighted by Crippen LogP contribution is 2.32. The lowest BCUT2D eigenvalue weighted by Crippen LogP contribution is -2.65. The Balaban J connectivity index is 1.51. The normalized spacial score (nSPS) is 18.9. The van der Waals surface area contributed by atoms with Gasteiger partial charge in [-0.3, -0.25) is 19.2 Å². The van der Waals surface area contributed by atoms with Crippen molar-refractivity contribution in [3.63, 3.8) is 0 Å². The highest BCUT2D eigenvalue weighted by Gasteiger charge is 2.58. The minimum absolute atomic E-state index is 0.0135. The summed E-state index contributed by atoms with van der Waals surface area (Å²) in [5, 5.41) is 16.9. The number of nitrogens with two attached hydrogens (primary N) is 1. The van der Waals surface area contributed by atoms with Crippen LogP contribution in [0.15, 0.2) is 54.9 Å². The van der Waals surface area contributed by atoms with Crippen molar-refractivity contribution in [2.45, 2.75) is 76.3 Å². The van der Waals surface area contributed by atoms with Gasteiger partial charge in [-0.2, -0.15) is 0 Å². The van der Waals surface area contributed by atoms with Crippen LogP contribution in [0.3, 0.4) is 0 Å². The molecule has 3 atom stereocenters. The van der Waals surface area contributed by atoms with E-state index in [0.29, 0.717) is 23.9 Å². The summed E-state index contributed by atoms with van der Waals surface area (Å²) in [5.41, 5.74) is 4.30. The highest BCUT2D eigenvalue weighted by atomic mass is 16.6. The molecule has 13 nitrogen and oxygen atoms in total. The molecule has 0 spiro atoms. The third-order valence-corrected chi connectivity index (χ3v) is 7.26. The largest absolute Gasteiger partial charge is 0.456 e. The minimum atomic E-state index is -2.53. The maximum absolute atomic E-state index is 13.5. The van der Waals surface area contributed by atoms with Gasteiger partial charge in [0.1, 0.15) is 11.6 Å². The fraction of sp³-hybridized carbons (Fsp3) is 0.419. The molecule has 2 aromatic carbocycles. The average molecular weight is 607 g/mol. The number of aromatic nitrogens is 2. The monoisotopic (exact) mass is 606 g/mol. The number of hydrogen-bond acceptors (Lipinski definition) is 8. The molecule has 4 rings (SSSR count). The van der Waals surface area contributed by atoms with E-state index in [0.717, 1.165) is 10.5 Å². The summed E-state index contributed by atoms with van der Waals surface area (Å²) in [5.74, 6) is -3.98. The molecule has 1 aliphatic rings. The Hall–Kier alpha value is -4.78. The van der Waals surface area contributed by atoms with E-state index in [1.165, 1.54) is 18.5 Å². The maximum atomic E-state index is 13.5. The van der Waals surface area contributed by atoms with Gasteiger partial charge in [-0.05, 0) is 63.8 Å². The highest BCUT2D eigenvalue weighted by molar-refractivity contribution is 6.01. The maximum Gasteiger partial charge on any atom is 0.362 e. The van der Waals surface area contributed by atoms with E-state index >= 15 is 0 Å². The van der Waals surface area contributed by atoms with Crippen LogP contribution in [0, 0.1) is 0 Å². The Morgan fingerprint density at radius 1 is 1.16 bits per heavy atom. The number of nitrogens with one attached hydrogen (secondary N) is 3. The van der Waals surface area contributed by atoms with Gasteiger partial charge < -0.3 is 36.1 Å². The molecular weight excluding hydrogens is 568 g/mol. The van der Waals surface area contributed by atoms with Crippen molar-refractivity contribution in [2.75, 3.05) is 6.54 Å². The molecule has 0 aliphatic carbocycles. The van der Waals surface area contributed by atoms with Crippen molar-refractivity contribution < 1.29 is 33.8 Å². The van der Waals surface area contributed by atoms with Gasteiger partial charge in [0, 0.05) is 18.5 Å². The number of hydrogen-bond donors (Lipinski definition) is 5. The van der Waals surface area contributed by atoms with Gasteiger partial charge >= 0.3 is 5.97 Å². The number of benzene rings is 2. The van der Waals surface area contributed by atoms with Crippen molar-refractivity contribution in [3.8, 4) is 0 Å². The summed E-state index contributed by atoms with van der Waals surface area (Å²) in [7, 11) is 0. The lowest BCUT2D eigenvalue weighted by atomic mass is 10.0. The molecule has 6 N–H and O–H groups in total. The smallest absolute Gasteiger partial charge is 0.362 e. The number of carbonyl (C=O) groups is 5. The number of esters is 1. The molecule has 1 aromatic heterocycles. The Kier molecular flexibility index (Phi) is 9.68. The molecule has 0 saturated carbocycles. The van der Waals surface area contributed by atoms with E-state index in [1.807, 2.05) is 30.3 Å². The second-order valence-electron chi connectivity index (χ2n) is 11.8. The molecule has 0 radical (unpaired) electrons. The van der Waals surface area contributed by atoms with Crippen LogP contribution in [-0.2, 0) is 30.3 Å². The Morgan fingerprint density at radius 3 is 2.57 bits per heavy atom. The number of carbonyl (C=O) groups excluding carboxylic acids is 5. The molecule has 4 amide bonds. The Morgan fingerprint density at radius 2 is 1.89 bits per heavy atom. The van der Waals surface area contributed by atoms with Crippen molar-refractivity contribution >= 4 is 40.6 Å². The first-order valence-corrected chi connectivity index (χ1v) is 14.4. The molecule has 2 heterocycles. The first-order valence-electron chi connectivity index (χ1n) is 14.4. The number of aliphatic hydroxyl groups is 1. The summed E-state index contributed by atoms with van der Waals surface area (Å²) >= 11 is 0. The summed E-state index contributed by atoms with van der Waals surface area (Å²) < 4.78 is 5.48. The van der Waals surface area contributed by atoms with Gasteiger partial charge in [0.05, 0.1) is 29.8 Å². The number of H-pyrrole nitrogens is 1. The molecule has 1 saturated heterocycles. The SMILES string of the molecule is CC(C)(C)OC(=O)[C@@]1(O)[C@@H](NC(=O)[C@H](CC(N)=O)NC(=O)c2ccc3nc[nH]c3c2)CCN1C(=O)CCCc1ccccc1. The predicted molar refractivity (Wildman–Crippen MR) is 160 cm³/mol. The number of aromatic amines is 1. The molecule has 3 aromatic rings. The summed E-state index contributed by atoms with van der Waals surface area (Å²) in [6.07, 6.45) is 2.07. The fourth-order valence-corrected chi connectivity index (χ4v) is 5.14. The Bertz CT molecular complexity index is 1530. The van der Waals surface area contributed by atoms with Gasteiger partial charge in [0.25, 0.3) is 11.6 Å². The van der Waals surface area contributed by atoms with Crippen LogP contribution < -0.4 is 16.4 Å². The summed E-state index contributed by atoms with van der Waals surface area (Å²) in [4.78, 5) is 73.1.